The van der Waals surface area contributed by atoms with E-state index in [4.69, 9.17) is 10.00 Å². The maximum Gasteiger partial charge on any atom is 0.122 e. The number of nitriles is 1. The van der Waals surface area contributed by atoms with Gasteiger partial charge in [0, 0.05) is 6.42 Å². The summed E-state index contributed by atoms with van der Waals surface area (Å²) in [7, 11) is 0. The van der Waals surface area contributed by atoms with E-state index in [9.17, 15) is 0 Å². The number of hydrogen-bond acceptors (Lipinski definition) is 2. The Labute approximate surface area is 90.5 Å². The van der Waals surface area contributed by atoms with Gasteiger partial charge in [-0.2, -0.15) is 5.26 Å². The third-order valence-corrected chi connectivity index (χ3v) is 2.91. The van der Waals surface area contributed by atoms with E-state index >= 15 is 0 Å². The first-order chi connectivity index (χ1) is 7.33. The molecule has 1 aromatic carbocycles. The lowest BCUT2D eigenvalue weighted by Gasteiger charge is -2.07. The molecule has 0 spiro atoms. The predicted molar refractivity (Wildman–Crippen MR) is 58.7 cm³/mol. The summed E-state index contributed by atoms with van der Waals surface area (Å²) in [6.45, 7) is 2.86. The Kier molecular flexibility index (Phi) is 2.91. The van der Waals surface area contributed by atoms with Gasteiger partial charge in [-0.1, -0.05) is 19.1 Å². The van der Waals surface area contributed by atoms with Crippen molar-refractivity contribution in [3.8, 4) is 11.8 Å². The number of benzene rings is 1. The second-order valence-electron chi connectivity index (χ2n) is 3.98. The highest BCUT2D eigenvalue weighted by Crippen LogP contribution is 2.26. The molecule has 1 atom stereocenters. The fourth-order valence-corrected chi connectivity index (χ4v) is 1.93. The minimum atomic E-state index is 0.144. The summed E-state index contributed by atoms with van der Waals surface area (Å²) in [5.41, 5.74) is 2.55. The molecular weight excluding hydrogens is 186 g/mol. The van der Waals surface area contributed by atoms with Crippen molar-refractivity contribution in [2.24, 2.45) is 5.92 Å². The summed E-state index contributed by atoms with van der Waals surface area (Å²) in [4.78, 5) is 0. The van der Waals surface area contributed by atoms with Gasteiger partial charge in [0.2, 0.25) is 0 Å². The number of rotatable bonds is 3. The maximum atomic E-state index is 8.91. The molecule has 0 saturated heterocycles. The quantitative estimate of drug-likeness (QED) is 0.753. The number of fused-ring (bicyclic) bond motifs is 1. The molecule has 0 amide bonds. The first-order valence-corrected chi connectivity index (χ1v) is 5.47. The number of hydrogen-bond donors (Lipinski definition) is 0. The molecule has 1 aliphatic heterocycles. The molecule has 15 heavy (non-hydrogen) atoms. The van der Waals surface area contributed by atoms with Gasteiger partial charge in [-0.05, 0) is 30.0 Å². The highest BCUT2D eigenvalue weighted by molar-refractivity contribution is 5.40. The summed E-state index contributed by atoms with van der Waals surface area (Å²) in [5, 5.41) is 8.91. The Morgan fingerprint density at radius 3 is 3.13 bits per heavy atom. The SMILES string of the molecule is CCC(C#N)Cc1ccc2c(c1)CCO2. The molecule has 1 unspecified atom stereocenters. The zero-order valence-corrected chi connectivity index (χ0v) is 8.99. The Balaban J connectivity index is 2.13. The van der Waals surface area contributed by atoms with Crippen LogP contribution < -0.4 is 4.74 Å². The van der Waals surface area contributed by atoms with Crippen LogP contribution in [-0.4, -0.2) is 6.61 Å². The third-order valence-electron chi connectivity index (χ3n) is 2.91. The molecule has 0 saturated carbocycles. The average molecular weight is 201 g/mol. The zero-order chi connectivity index (χ0) is 10.7. The summed E-state index contributed by atoms with van der Waals surface area (Å²) in [6.07, 6.45) is 2.79. The van der Waals surface area contributed by atoms with Crippen molar-refractivity contribution in [1.29, 1.82) is 5.26 Å². The van der Waals surface area contributed by atoms with E-state index < -0.39 is 0 Å². The first-order valence-electron chi connectivity index (χ1n) is 5.47. The van der Waals surface area contributed by atoms with Crippen LogP contribution in [0.25, 0.3) is 0 Å². The van der Waals surface area contributed by atoms with Crippen LogP contribution in [0.2, 0.25) is 0 Å². The molecule has 2 nitrogen and oxygen atoms in total. The van der Waals surface area contributed by atoms with Gasteiger partial charge in [0.15, 0.2) is 0 Å². The van der Waals surface area contributed by atoms with Gasteiger partial charge >= 0.3 is 0 Å². The molecule has 0 bridgehead atoms. The second-order valence-corrected chi connectivity index (χ2v) is 3.98. The smallest absolute Gasteiger partial charge is 0.122 e. The van der Waals surface area contributed by atoms with Gasteiger partial charge < -0.3 is 4.74 Å². The molecule has 0 aliphatic carbocycles. The summed E-state index contributed by atoms with van der Waals surface area (Å²) in [6, 6.07) is 8.62. The van der Waals surface area contributed by atoms with E-state index in [0.29, 0.717) is 0 Å². The molecule has 1 aliphatic rings. The van der Waals surface area contributed by atoms with Crippen LogP contribution in [-0.2, 0) is 12.8 Å². The molecule has 0 aromatic heterocycles. The zero-order valence-electron chi connectivity index (χ0n) is 8.99. The molecule has 0 N–H and O–H groups in total. The Morgan fingerprint density at radius 1 is 1.53 bits per heavy atom. The van der Waals surface area contributed by atoms with Gasteiger partial charge in [0.05, 0.1) is 18.6 Å². The summed E-state index contributed by atoms with van der Waals surface area (Å²) >= 11 is 0. The van der Waals surface area contributed by atoms with E-state index in [-0.39, 0.29) is 5.92 Å². The molecule has 2 heteroatoms. The molecule has 1 heterocycles. The van der Waals surface area contributed by atoms with Crippen molar-refractivity contribution >= 4 is 0 Å². The van der Waals surface area contributed by atoms with Crippen molar-refractivity contribution in [3.63, 3.8) is 0 Å². The van der Waals surface area contributed by atoms with Crippen LogP contribution >= 0.6 is 0 Å². The number of ether oxygens (including phenoxy) is 1. The minimum Gasteiger partial charge on any atom is -0.493 e. The molecule has 0 fully saturated rings. The van der Waals surface area contributed by atoms with Crippen molar-refractivity contribution in [2.75, 3.05) is 6.61 Å². The second kappa shape index (κ2) is 4.35. The lowest BCUT2D eigenvalue weighted by Crippen LogP contribution is -2.00. The monoisotopic (exact) mass is 201 g/mol. The lowest BCUT2D eigenvalue weighted by molar-refractivity contribution is 0.357. The van der Waals surface area contributed by atoms with Crippen LogP contribution in [0, 0.1) is 17.2 Å². The normalized spacial score (nSPS) is 15.2. The van der Waals surface area contributed by atoms with Crippen LogP contribution in [0.15, 0.2) is 18.2 Å². The van der Waals surface area contributed by atoms with Crippen LogP contribution in [0.3, 0.4) is 0 Å². The van der Waals surface area contributed by atoms with Gasteiger partial charge in [0.25, 0.3) is 0 Å². The molecule has 78 valence electrons. The van der Waals surface area contributed by atoms with E-state index in [2.05, 4.69) is 25.1 Å². The topological polar surface area (TPSA) is 33.0 Å². The van der Waals surface area contributed by atoms with Crippen LogP contribution in [0.1, 0.15) is 24.5 Å². The van der Waals surface area contributed by atoms with E-state index in [1.807, 2.05) is 6.07 Å². The van der Waals surface area contributed by atoms with Crippen LogP contribution in [0.4, 0.5) is 0 Å². The minimum absolute atomic E-state index is 0.144. The van der Waals surface area contributed by atoms with E-state index in [0.717, 1.165) is 31.6 Å². The fraction of sp³-hybridized carbons (Fsp3) is 0.462. The van der Waals surface area contributed by atoms with Crippen molar-refractivity contribution in [1.82, 2.24) is 0 Å². The van der Waals surface area contributed by atoms with Gasteiger partial charge in [-0.3, -0.25) is 0 Å². The highest BCUT2D eigenvalue weighted by atomic mass is 16.5. The molecular formula is C13H15NO. The Hall–Kier alpha value is -1.49. The van der Waals surface area contributed by atoms with Crippen molar-refractivity contribution in [2.45, 2.75) is 26.2 Å². The Morgan fingerprint density at radius 2 is 2.40 bits per heavy atom. The van der Waals surface area contributed by atoms with Crippen molar-refractivity contribution < 1.29 is 4.74 Å². The van der Waals surface area contributed by atoms with E-state index in [1.165, 1.54) is 11.1 Å². The first kappa shape index (κ1) is 10.0. The number of nitrogens with zero attached hydrogens (tertiary/aromatic N) is 1. The van der Waals surface area contributed by atoms with Gasteiger partial charge in [-0.25, -0.2) is 0 Å². The summed E-state index contributed by atoms with van der Waals surface area (Å²) in [5.74, 6) is 1.16. The van der Waals surface area contributed by atoms with Gasteiger partial charge in [0.1, 0.15) is 5.75 Å². The molecule has 0 radical (unpaired) electrons. The average Bonchev–Trinajstić information content (AvgIpc) is 2.73. The third kappa shape index (κ3) is 2.12. The molecule has 2 rings (SSSR count). The van der Waals surface area contributed by atoms with Crippen LogP contribution in [0.5, 0.6) is 5.75 Å². The fourth-order valence-electron chi connectivity index (χ4n) is 1.93. The summed E-state index contributed by atoms with van der Waals surface area (Å²) < 4.78 is 5.45. The highest BCUT2D eigenvalue weighted by Gasteiger charge is 2.13. The molecule has 1 aromatic rings. The van der Waals surface area contributed by atoms with Gasteiger partial charge in [-0.15, -0.1) is 0 Å². The predicted octanol–water partition coefficient (Wildman–Crippen LogP) is 2.71. The van der Waals surface area contributed by atoms with E-state index in [1.54, 1.807) is 0 Å². The lowest BCUT2D eigenvalue weighted by atomic mass is 9.97. The maximum absolute atomic E-state index is 8.91. The largest absolute Gasteiger partial charge is 0.493 e. The Bertz CT molecular complexity index is 392. The van der Waals surface area contributed by atoms with Crippen molar-refractivity contribution in [3.05, 3.63) is 29.3 Å². The standard InChI is InChI=1S/C13H15NO/c1-2-10(9-14)7-11-3-4-13-12(8-11)5-6-15-13/h3-4,8,10H,2,5-7H2,1H3.